The van der Waals surface area contributed by atoms with Gasteiger partial charge in [0, 0.05) is 6.07 Å². The molecule has 0 aromatic heterocycles. The SMILES string of the molecule is Cc1cccc([N+](C)(C)c2ccccc2)c1. The van der Waals surface area contributed by atoms with E-state index in [1.54, 1.807) is 0 Å². The third-order valence-electron chi connectivity index (χ3n) is 3.05. The second-order valence-corrected chi connectivity index (χ2v) is 4.63. The summed E-state index contributed by atoms with van der Waals surface area (Å²) in [5.74, 6) is 0. The highest BCUT2D eigenvalue weighted by molar-refractivity contribution is 5.57. The highest BCUT2D eigenvalue weighted by Gasteiger charge is 2.21. The van der Waals surface area contributed by atoms with Crippen LogP contribution in [0.5, 0.6) is 0 Å². The summed E-state index contributed by atoms with van der Waals surface area (Å²) >= 11 is 0. The van der Waals surface area contributed by atoms with E-state index in [9.17, 15) is 0 Å². The maximum atomic E-state index is 2.24. The first-order valence-electron chi connectivity index (χ1n) is 5.57. The number of rotatable bonds is 2. The van der Waals surface area contributed by atoms with Gasteiger partial charge in [-0.05, 0) is 30.7 Å². The number of nitrogens with zero attached hydrogens (tertiary/aromatic N) is 1. The van der Waals surface area contributed by atoms with Crippen molar-refractivity contribution in [3.05, 3.63) is 60.2 Å². The second kappa shape index (κ2) is 4.11. The fourth-order valence-corrected chi connectivity index (χ4v) is 1.93. The van der Waals surface area contributed by atoms with E-state index in [1.807, 2.05) is 0 Å². The Balaban J connectivity index is 2.47. The molecular formula is C15H18N+. The molecule has 0 fully saturated rings. The van der Waals surface area contributed by atoms with Gasteiger partial charge in [-0.2, -0.15) is 0 Å². The molecule has 2 rings (SSSR count). The Labute approximate surface area is 97.6 Å². The van der Waals surface area contributed by atoms with Gasteiger partial charge in [0.15, 0.2) is 0 Å². The second-order valence-electron chi connectivity index (χ2n) is 4.63. The lowest BCUT2D eigenvalue weighted by atomic mass is 10.1. The molecule has 0 aliphatic rings. The number of benzene rings is 2. The normalized spacial score (nSPS) is 11.4. The van der Waals surface area contributed by atoms with Gasteiger partial charge < -0.3 is 0 Å². The lowest BCUT2D eigenvalue weighted by Gasteiger charge is -2.29. The summed E-state index contributed by atoms with van der Waals surface area (Å²) in [5.41, 5.74) is 3.92. The number of quaternary nitrogens is 1. The van der Waals surface area contributed by atoms with Crippen molar-refractivity contribution in [1.29, 1.82) is 0 Å². The number of aryl methyl sites for hydroxylation is 1. The van der Waals surface area contributed by atoms with E-state index in [4.69, 9.17) is 0 Å². The van der Waals surface area contributed by atoms with Crippen LogP contribution in [-0.2, 0) is 0 Å². The van der Waals surface area contributed by atoms with Crippen molar-refractivity contribution in [3.63, 3.8) is 0 Å². The van der Waals surface area contributed by atoms with E-state index < -0.39 is 0 Å². The fourth-order valence-electron chi connectivity index (χ4n) is 1.93. The van der Waals surface area contributed by atoms with E-state index in [0.29, 0.717) is 0 Å². The van der Waals surface area contributed by atoms with Gasteiger partial charge in [-0.15, -0.1) is 0 Å². The summed E-state index contributed by atoms with van der Waals surface area (Å²) in [5, 5.41) is 0. The Bertz CT molecular complexity index is 472. The Morgan fingerprint density at radius 3 is 2.00 bits per heavy atom. The van der Waals surface area contributed by atoms with E-state index in [-0.39, 0.29) is 0 Å². The highest BCUT2D eigenvalue weighted by Crippen LogP contribution is 2.30. The predicted octanol–water partition coefficient (Wildman–Crippen LogP) is 3.89. The van der Waals surface area contributed by atoms with Crippen molar-refractivity contribution >= 4 is 11.4 Å². The average molecular weight is 212 g/mol. The Hall–Kier alpha value is -1.60. The van der Waals surface area contributed by atoms with Crippen LogP contribution in [0, 0.1) is 6.92 Å². The molecule has 0 amide bonds. The van der Waals surface area contributed by atoms with E-state index in [0.717, 1.165) is 4.48 Å². The van der Waals surface area contributed by atoms with Crippen molar-refractivity contribution in [2.45, 2.75) is 6.92 Å². The van der Waals surface area contributed by atoms with Gasteiger partial charge in [0.1, 0.15) is 11.4 Å². The molecule has 2 aromatic carbocycles. The molecule has 1 nitrogen and oxygen atoms in total. The maximum Gasteiger partial charge on any atom is 0.137 e. The Kier molecular flexibility index (Phi) is 2.80. The van der Waals surface area contributed by atoms with E-state index in [2.05, 4.69) is 75.6 Å². The molecule has 0 spiro atoms. The molecule has 0 radical (unpaired) electrons. The van der Waals surface area contributed by atoms with Crippen molar-refractivity contribution in [3.8, 4) is 0 Å². The summed E-state index contributed by atoms with van der Waals surface area (Å²) in [6.07, 6.45) is 0. The summed E-state index contributed by atoms with van der Waals surface area (Å²) in [7, 11) is 4.42. The summed E-state index contributed by atoms with van der Waals surface area (Å²) in [4.78, 5) is 0. The molecule has 0 aliphatic carbocycles. The smallest absolute Gasteiger partial charge is 0.137 e. The van der Waals surface area contributed by atoms with Crippen LogP contribution in [0.15, 0.2) is 54.6 Å². The Morgan fingerprint density at radius 2 is 1.38 bits per heavy atom. The first-order chi connectivity index (χ1) is 7.60. The lowest BCUT2D eigenvalue weighted by Crippen LogP contribution is -2.34. The van der Waals surface area contributed by atoms with Gasteiger partial charge in [-0.1, -0.05) is 30.3 Å². The molecular weight excluding hydrogens is 194 g/mol. The molecule has 0 saturated heterocycles. The van der Waals surface area contributed by atoms with Gasteiger partial charge >= 0.3 is 0 Å². The van der Waals surface area contributed by atoms with Crippen LogP contribution in [0.2, 0.25) is 0 Å². The van der Waals surface area contributed by atoms with Crippen molar-refractivity contribution in [2.75, 3.05) is 14.1 Å². The molecule has 0 atom stereocenters. The minimum Gasteiger partial charge on any atom is -0.264 e. The van der Waals surface area contributed by atoms with Gasteiger partial charge in [0.25, 0.3) is 0 Å². The number of hydrogen-bond acceptors (Lipinski definition) is 0. The predicted molar refractivity (Wildman–Crippen MR) is 70.9 cm³/mol. The Morgan fingerprint density at radius 1 is 0.750 bits per heavy atom. The molecule has 0 aliphatic heterocycles. The van der Waals surface area contributed by atoms with Gasteiger partial charge in [-0.3, -0.25) is 4.48 Å². The summed E-state index contributed by atoms with van der Waals surface area (Å²) < 4.78 is 0.780. The molecule has 0 bridgehead atoms. The zero-order valence-electron chi connectivity index (χ0n) is 10.1. The van der Waals surface area contributed by atoms with Gasteiger partial charge in [0.05, 0.1) is 14.1 Å². The van der Waals surface area contributed by atoms with Crippen LogP contribution in [0.3, 0.4) is 0 Å². The summed E-state index contributed by atoms with van der Waals surface area (Å²) in [6, 6.07) is 19.2. The van der Waals surface area contributed by atoms with E-state index in [1.165, 1.54) is 16.9 Å². The fraction of sp³-hybridized carbons (Fsp3) is 0.200. The van der Waals surface area contributed by atoms with Crippen LogP contribution in [-0.4, -0.2) is 14.1 Å². The van der Waals surface area contributed by atoms with Crippen LogP contribution >= 0.6 is 0 Å². The molecule has 0 saturated carbocycles. The third-order valence-corrected chi connectivity index (χ3v) is 3.05. The number of hydrogen-bond donors (Lipinski definition) is 0. The van der Waals surface area contributed by atoms with Crippen molar-refractivity contribution < 1.29 is 0 Å². The van der Waals surface area contributed by atoms with Crippen molar-refractivity contribution in [2.24, 2.45) is 0 Å². The van der Waals surface area contributed by atoms with Crippen LogP contribution in [0.1, 0.15) is 5.56 Å². The first kappa shape index (κ1) is 10.9. The minimum absolute atomic E-state index is 0.780. The third kappa shape index (κ3) is 2.00. The molecule has 1 heteroatoms. The quantitative estimate of drug-likeness (QED) is 0.662. The summed E-state index contributed by atoms with van der Waals surface area (Å²) in [6.45, 7) is 2.13. The molecule has 0 heterocycles. The minimum atomic E-state index is 0.780. The monoisotopic (exact) mass is 212 g/mol. The molecule has 16 heavy (non-hydrogen) atoms. The lowest BCUT2D eigenvalue weighted by molar-refractivity contribution is 0.555. The van der Waals surface area contributed by atoms with Crippen molar-refractivity contribution in [1.82, 2.24) is 4.48 Å². The number of para-hydroxylation sites is 1. The average Bonchev–Trinajstić information content (AvgIpc) is 2.30. The zero-order chi connectivity index (χ0) is 11.6. The highest BCUT2D eigenvalue weighted by atomic mass is 15.3. The van der Waals surface area contributed by atoms with Gasteiger partial charge in [-0.25, -0.2) is 0 Å². The topological polar surface area (TPSA) is 0 Å². The molecule has 2 aromatic rings. The van der Waals surface area contributed by atoms with E-state index >= 15 is 0 Å². The zero-order valence-corrected chi connectivity index (χ0v) is 10.1. The molecule has 0 unspecified atom stereocenters. The van der Waals surface area contributed by atoms with Crippen LogP contribution in [0.4, 0.5) is 11.4 Å². The molecule has 0 N–H and O–H groups in total. The first-order valence-corrected chi connectivity index (χ1v) is 5.57. The van der Waals surface area contributed by atoms with Gasteiger partial charge in [0.2, 0.25) is 0 Å². The largest absolute Gasteiger partial charge is 0.264 e. The maximum absolute atomic E-state index is 2.24. The van der Waals surface area contributed by atoms with Crippen LogP contribution < -0.4 is 4.48 Å². The molecule has 82 valence electrons. The van der Waals surface area contributed by atoms with Crippen LogP contribution in [0.25, 0.3) is 0 Å². The standard InChI is InChI=1S/C15H18N/c1-13-8-7-11-15(12-13)16(2,3)14-9-5-4-6-10-14/h4-12H,1-3H3/q+1.